The highest BCUT2D eigenvalue weighted by atomic mass is 16.5. The minimum atomic E-state index is 0.738. The van der Waals surface area contributed by atoms with E-state index in [1.165, 1.54) is 38.0 Å². The summed E-state index contributed by atoms with van der Waals surface area (Å²) in [4.78, 5) is 2.58. The molecule has 19 heavy (non-hydrogen) atoms. The highest BCUT2D eigenvalue weighted by Gasteiger charge is 2.17. The number of benzene rings is 1. The van der Waals surface area contributed by atoms with Crippen LogP contribution in [0.25, 0.3) is 0 Å². The van der Waals surface area contributed by atoms with Crippen LogP contribution in [0.5, 0.6) is 5.75 Å². The summed E-state index contributed by atoms with van der Waals surface area (Å²) in [6, 6.07) is 9.18. The van der Waals surface area contributed by atoms with Crippen LogP contribution < -0.4 is 10.1 Å². The summed E-state index contributed by atoms with van der Waals surface area (Å²) in [6.07, 6.45) is 3.71. The summed E-state index contributed by atoms with van der Waals surface area (Å²) in [7, 11) is 1.71. The quantitative estimate of drug-likeness (QED) is 0.851. The Morgan fingerprint density at radius 1 is 1.21 bits per heavy atom. The summed E-state index contributed by atoms with van der Waals surface area (Å²) in [5.74, 6) is 0.940. The van der Waals surface area contributed by atoms with E-state index in [0.29, 0.717) is 0 Å². The van der Waals surface area contributed by atoms with Gasteiger partial charge in [-0.25, -0.2) is 0 Å². The van der Waals surface area contributed by atoms with Crippen LogP contribution in [-0.4, -0.2) is 44.2 Å². The first-order valence-electron chi connectivity index (χ1n) is 7.40. The molecule has 1 saturated heterocycles. The van der Waals surface area contributed by atoms with Gasteiger partial charge in [0.05, 0.1) is 7.11 Å². The molecule has 1 N–H and O–H groups in total. The molecule has 0 amide bonds. The second kappa shape index (κ2) is 7.51. The number of piperidine rings is 1. The molecule has 0 aromatic heterocycles. The maximum Gasteiger partial charge on any atom is 0.118 e. The summed E-state index contributed by atoms with van der Waals surface area (Å²) in [5.41, 5.74) is 1.40. The van der Waals surface area contributed by atoms with Crippen molar-refractivity contribution in [1.29, 1.82) is 0 Å². The van der Waals surface area contributed by atoms with Gasteiger partial charge in [-0.15, -0.1) is 0 Å². The fraction of sp³-hybridized carbons (Fsp3) is 0.625. The molecule has 0 bridgehead atoms. The molecule has 1 aliphatic rings. The molecule has 1 heterocycles. The van der Waals surface area contributed by atoms with Gasteiger partial charge in [-0.3, -0.25) is 0 Å². The van der Waals surface area contributed by atoms with Gasteiger partial charge < -0.3 is 15.0 Å². The normalized spacial score (nSPS) is 17.6. The predicted octanol–water partition coefficient (Wildman–Crippen LogP) is 2.31. The lowest BCUT2D eigenvalue weighted by molar-refractivity contribution is 0.201. The van der Waals surface area contributed by atoms with E-state index < -0.39 is 0 Å². The standard InChI is InChI=1S/C16H26N2O/c1-3-17-15-9-12-18(13-10-15)11-8-14-4-6-16(19-2)7-5-14/h4-7,15,17H,3,8-13H2,1-2H3. The van der Waals surface area contributed by atoms with E-state index in [0.717, 1.165) is 24.8 Å². The number of rotatable bonds is 6. The zero-order valence-corrected chi connectivity index (χ0v) is 12.2. The highest BCUT2D eigenvalue weighted by molar-refractivity contribution is 5.27. The summed E-state index contributed by atoms with van der Waals surface area (Å²) in [5, 5.41) is 3.55. The zero-order valence-electron chi connectivity index (χ0n) is 12.2. The van der Waals surface area contributed by atoms with Crippen molar-refractivity contribution in [3.05, 3.63) is 29.8 Å². The molecule has 0 aliphatic carbocycles. The van der Waals surface area contributed by atoms with Crippen molar-refractivity contribution >= 4 is 0 Å². The van der Waals surface area contributed by atoms with Crippen LogP contribution in [-0.2, 0) is 6.42 Å². The number of likely N-dealkylation sites (tertiary alicyclic amines) is 1. The van der Waals surface area contributed by atoms with Crippen LogP contribution in [0.1, 0.15) is 25.3 Å². The molecular formula is C16H26N2O. The third-order valence-electron chi connectivity index (χ3n) is 3.96. The summed E-state index contributed by atoms with van der Waals surface area (Å²) >= 11 is 0. The lowest BCUT2D eigenvalue weighted by Gasteiger charge is -2.32. The van der Waals surface area contributed by atoms with E-state index in [-0.39, 0.29) is 0 Å². The first-order valence-corrected chi connectivity index (χ1v) is 7.40. The van der Waals surface area contributed by atoms with Crippen LogP contribution in [0.3, 0.4) is 0 Å². The van der Waals surface area contributed by atoms with Crippen molar-refractivity contribution in [2.75, 3.05) is 33.3 Å². The van der Waals surface area contributed by atoms with E-state index in [4.69, 9.17) is 4.74 Å². The van der Waals surface area contributed by atoms with Gasteiger partial charge in [0.25, 0.3) is 0 Å². The fourth-order valence-corrected chi connectivity index (χ4v) is 2.73. The molecule has 0 radical (unpaired) electrons. The molecule has 0 saturated carbocycles. The summed E-state index contributed by atoms with van der Waals surface area (Å²) < 4.78 is 5.18. The van der Waals surface area contributed by atoms with E-state index in [2.05, 4.69) is 29.3 Å². The number of hydrogen-bond donors (Lipinski definition) is 1. The molecule has 3 nitrogen and oxygen atoms in total. The molecule has 0 atom stereocenters. The number of nitrogens with zero attached hydrogens (tertiary/aromatic N) is 1. The minimum absolute atomic E-state index is 0.738. The molecule has 2 rings (SSSR count). The molecule has 0 spiro atoms. The molecule has 1 aromatic carbocycles. The minimum Gasteiger partial charge on any atom is -0.497 e. The summed E-state index contributed by atoms with van der Waals surface area (Å²) in [6.45, 7) is 6.92. The number of nitrogens with one attached hydrogen (secondary N) is 1. The average molecular weight is 262 g/mol. The Kier molecular flexibility index (Phi) is 5.67. The molecule has 0 unspecified atom stereocenters. The third kappa shape index (κ3) is 4.51. The first kappa shape index (κ1) is 14.4. The van der Waals surface area contributed by atoms with Crippen LogP contribution >= 0.6 is 0 Å². The van der Waals surface area contributed by atoms with Crippen molar-refractivity contribution in [1.82, 2.24) is 10.2 Å². The maximum absolute atomic E-state index is 5.18. The van der Waals surface area contributed by atoms with Crippen LogP contribution in [0, 0.1) is 0 Å². The van der Waals surface area contributed by atoms with E-state index in [1.807, 2.05) is 12.1 Å². The Balaban J connectivity index is 1.71. The molecule has 1 aromatic rings. The number of hydrogen-bond acceptors (Lipinski definition) is 3. The number of ether oxygens (including phenoxy) is 1. The lowest BCUT2D eigenvalue weighted by atomic mass is 10.0. The molecule has 106 valence electrons. The van der Waals surface area contributed by atoms with Gasteiger partial charge in [-0.2, -0.15) is 0 Å². The van der Waals surface area contributed by atoms with Crippen molar-refractivity contribution in [3.8, 4) is 5.75 Å². The topological polar surface area (TPSA) is 24.5 Å². The SMILES string of the molecule is CCNC1CCN(CCc2ccc(OC)cc2)CC1. The predicted molar refractivity (Wildman–Crippen MR) is 79.8 cm³/mol. The zero-order chi connectivity index (χ0) is 13.5. The third-order valence-corrected chi connectivity index (χ3v) is 3.96. The average Bonchev–Trinajstić information content (AvgIpc) is 2.47. The van der Waals surface area contributed by atoms with Crippen molar-refractivity contribution in [3.63, 3.8) is 0 Å². The smallest absolute Gasteiger partial charge is 0.118 e. The molecule has 1 fully saturated rings. The highest BCUT2D eigenvalue weighted by Crippen LogP contribution is 2.14. The second-order valence-electron chi connectivity index (χ2n) is 5.27. The maximum atomic E-state index is 5.18. The Hall–Kier alpha value is -1.06. The van der Waals surface area contributed by atoms with E-state index in [1.54, 1.807) is 7.11 Å². The Labute approximate surface area is 116 Å². The fourth-order valence-electron chi connectivity index (χ4n) is 2.73. The Bertz CT molecular complexity index is 356. The van der Waals surface area contributed by atoms with Crippen molar-refractivity contribution in [2.45, 2.75) is 32.2 Å². The molecular weight excluding hydrogens is 236 g/mol. The second-order valence-corrected chi connectivity index (χ2v) is 5.27. The molecule has 3 heteroatoms. The van der Waals surface area contributed by atoms with Crippen LogP contribution in [0.15, 0.2) is 24.3 Å². The lowest BCUT2D eigenvalue weighted by Crippen LogP contribution is -2.43. The van der Waals surface area contributed by atoms with Gasteiger partial charge in [0, 0.05) is 12.6 Å². The Morgan fingerprint density at radius 2 is 1.89 bits per heavy atom. The first-order chi connectivity index (χ1) is 9.31. The van der Waals surface area contributed by atoms with Gasteiger partial charge in [0.15, 0.2) is 0 Å². The van der Waals surface area contributed by atoms with Gasteiger partial charge >= 0.3 is 0 Å². The van der Waals surface area contributed by atoms with Crippen molar-refractivity contribution in [2.24, 2.45) is 0 Å². The Morgan fingerprint density at radius 3 is 2.47 bits per heavy atom. The molecule has 1 aliphatic heterocycles. The van der Waals surface area contributed by atoms with Crippen LogP contribution in [0.2, 0.25) is 0 Å². The largest absolute Gasteiger partial charge is 0.497 e. The van der Waals surface area contributed by atoms with Crippen molar-refractivity contribution < 1.29 is 4.74 Å². The van der Waals surface area contributed by atoms with Crippen LogP contribution in [0.4, 0.5) is 0 Å². The van der Waals surface area contributed by atoms with Gasteiger partial charge in [0.1, 0.15) is 5.75 Å². The van der Waals surface area contributed by atoms with Gasteiger partial charge in [-0.1, -0.05) is 19.1 Å². The van der Waals surface area contributed by atoms with E-state index >= 15 is 0 Å². The monoisotopic (exact) mass is 262 g/mol. The van der Waals surface area contributed by atoms with Gasteiger partial charge in [-0.05, 0) is 56.6 Å². The number of methoxy groups -OCH3 is 1. The van der Waals surface area contributed by atoms with E-state index in [9.17, 15) is 0 Å². The van der Waals surface area contributed by atoms with Gasteiger partial charge in [0.2, 0.25) is 0 Å².